The zero-order valence-corrected chi connectivity index (χ0v) is 11.4. The number of aliphatic hydroxyl groups is 1. The van der Waals surface area contributed by atoms with E-state index in [4.69, 9.17) is 11.6 Å². The monoisotopic (exact) mass is 270 g/mol. The Bertz CT molecular complexity index is 394. The normalized spacial score (nSPS) is 12.5. The number of halogens is 1. The molecule has 4 nitrogen and oxygen atoms in total. The Morgan fingerprint density at radius 2 is 2.11 bits per heavy atom. The Labute approximate surface area is 112 Å². The Hall–Kier alpha value is -1.13. The van der Waals surface area contributed by atoms with E-state index < -0.39 is 6.10 Å². The van der Waals surface area contributed by atoms with Crippen LogP contribution in [0.3, 0.4) is 0 Å². The van der Waals surface area contributed by atoms with Crippen molar-refractivity contribution in [1.82, 2.24) is 10.3 Å². The minimum absolute atomic E-state index is 0.206. The van der Waals surface area contributed by atoms with Gasteiger partial charge in [-0.05, 0) is 18.1 Å². The van der Waals surface area contributed by atoms with Crippen molar-refractivity contribution < 1.29 is 9.90 Å². The van der Waals surface area contributed by atoms with Gasteiger partial charge in [-0.15, -0.1) is 0 Å². The SMILES string of the molecule is CCC(CC)C(O)CNC(=O)c1cccc(Cl)n1. The van der Waals surface area contributed by atoms with Crippen LogP contribution in [0.4, 0.5) is 0 Å². The Morgan fingerprint density at radius 1 is 1.44 bits per heavy atom. The van der Waals surface area contributed by atoms with Crippen LogP contribution in [-0.2, 0) is 0 Å². The summed E-state index contributed by atoms with van der Waals surface area (Å²) in [6.45, 7) is 4.29. The van der Waals surface area contributed by atoms with E-state index in [2.05, 4.69) is 10.3 Å². The summed E-state index contributed by atoms with van der Waals surface area (Å²) in [4.78, 5) is 15.7. The first-order valence-corrected chi connectivity index (χ1v) is 6.55. The third-order valence-electron chi connectivity index (χ3n) is 3.01. The summed E-state index contributed by atoms with van der Waals surface area (Å²) < 4.78 is 0. The zero-order chi connectivity index (χ0) is 13.5. The Morgan fingerprint density at radius 3 is 2.67 bits per heavy atom. The molecule has 0 fully saturated rings. The fraction of sp³-hybridized carbons (Fsp3) is 0.538. The van der Waals surface area contributed by atoms with Crippen LogP contribution in [0.25, 0.3) is 0 Å². The number of carbonyl (C=O) groups excluding carboxylic acids is 1. The molecule has 1 heterocycles. The number of hydrogen-bond acceptors (Lipinski definition) is 3. The van der Waals surface area contributed by atoms with Crippen LogP contribution in [0, 0.1) is 5.92 Å². The lowest BCUT2D eigenvalue weighted by molar-refractivity contribution is 0.0813. The molecule has 2 N–H and O–H groups in total. The predicted octanol–water partition coefficient (Wildman–Crippen LogP) is 2.26. The summed E-state index contributed by atoms with van der Waals surface area (Å²) in [5, 5.41) is 12.8. The number of amides is 1. The van der Waals surface area contributed by atoms with Crippen molar-refractivity contribution in [2.45, 2.75) is 32.8 Å². The lowest BCUT2D eigenvalue weighted by Crippen LogP contribution is -2.36. The summed E-state index contributed by atoms with van der Waals surface area (Å²) in [6, 6.07) is 4.86. The lowest BCUT2D eigenvalue weighted by atomic mass is 9.96. The van der Waals surface area contributed by atoms with Gasteiger partial charge in [0.25, 0.3) is 5.91 Å². The minimum Gasteiger partial charge on any atom is -0.391 e. The number of carbonyl (C=O) groups is 1. The van der Waals surface area contributed by atoms with E-state index in [9.17, 15) is 9.90 Å². The molecular weight excluding hydrogens is 252 g/mol. The van der Waals surface area contributed by atoms with Crippen LogP contribution in [0.1, 0.15) is 37.2 Å². The molecule has 0 saturated carbocycles. The van der Waals surface area contributed by atoms with Crippen molar-refractivity contribution in [1.29, 1.82) is 0 Å². The topological polar surface area (TPSA) is 62.2 Å². The smallest absolute Gasteiger partial charge is 0.270 e. The van der Waals surface area contributed by atoms with Gasteiger partial charge >= 0.3 is 0 Å². The molecule has 0 aromatic carbocycles. The second-order valence-corrected chi connectivity index (χ2v) is 4.59. The second-order valence-electron chi connectivity index (χ2n) is 4.20. The maximum absolute atomic E-state index is 11.8. The molecule has 0 bridgehead atoms. The first-order valence-electron chi connectivity index (χ1n) is 6.17. The van der Waals surface area contributed by atoms with E-state index in [1.807, 2.05) is 13.8 Å². The van der Waals surface area contributed by atoms with E-state index in [0.29, 0.717) is 0 Å². The molecule has 18 heavy (non-hydrogen) atoms. The molecule has 0 spiro atoms. The van der Waals surface area contributed by atoms with Gasteiger partial charge in [0.1, 0.15) is 10.8 Å². The molecule has 1 rings (SSSR count). The molecule has 0 aliphatic heterocycles. The van der Waals surface area contributed by atoms with Crippen molar-refractivity contribution in [3.8, 4) is 0 Å². The highest BCUT2D eigenvalue weighted by molar-refractivity contribution is 6.29. The van der Waals surface area contributed by atoms with Gasteiger partial charge in [0.05, 0.1) is 6.10 Å². The van der Waals surface area contributed by atoms with Crippen LogP contribution in [0.2, 0.25) is 5.15 Å². The summed E-state index contributed by atoms with van der Waals surface area (Å²) in [5.74, 6) is -0.111. The molecule has 0 aliphatic carbocycles. The van der Waals surface area contributed by atoms with Crippen molar-refractivity contribution in [3.05, 3.63) is 29.0 Å². The van der Waals surface area contributed by atoms with Crippen molar-refractivity contribution in [2.24, 2.45) is 5.92 Å². The highest BCUT2D eigenvalue weighted by Gasteiger charge is 2.17. The van der Waals surface area contributed by atoms with E-state index >= 15 is 0 Å². The van der Waals surface area contributed by atoms with Gasteiger partial charge in [0.2, 0.25) is 0 Å². The molecule has 0 saturated heterocycles. The van der Waals surface area contributed by atoms with Gasteiger partial charge in [-0.2, -0.15) is 0 Å². The number of hydrogen-bond donors (Lipinski definition) is 2. The molecule has 0 aliphatic rings. The molecule has 1 atom stereocenters. The number of rotatable bonds is 6. The highest BCUT2D eigenvalue weighted by atomic mass is 35.5. The van der Waals surface area contributed by atoms with Gasteiger partial charge in [0.15, 0.2) is 0 Å². The quantitative estimate of drug-likeness (QED) is 0.780. The van der Waals surface area contributed by atoms with Gasteiger partial charge in [0, 0.05) is 6.54 Å². The van der Waals surface area contributed by atoms with Crippen molar-refractivity contribution in [3.63, 3.8) is 0 Å². The van der Waals surface area contributed by atoms with Gasteiger partial charge in [-0.25, -0.2) is 4.98 Å². The Kier molecular flexibility index (Phi) is 6.09. The first kappa shape index (κ1) is 14.9. The maximum Gasteiger partial charge on any atom is 0.270 e. The summed E-state index contributed by atoms with van der Waals surface area (Å²) in [7, 11) is 0. The number of pyridine rings is 1. The van der Waals surface area contributed by atoms with Crippen LogP contribution in [0.5, 0.6) is 0 Å². The second kappa shape index (κ2) is 7.34. The van der Waals surface area contributed by atoms with Crippen LogP contribution < -0.4 is 5.32 Å². The van der Waals surface area contributed by atoms with E-state index in [0.717, 1.165) is 12.8 Å². The third kappa shape index (κ3) is 4.27. The Balaban J connectivity index is 2.51. The molecule has 1 amide bonds. The number of aromatic nitrogens is 1. The number of nitrogens with one attached hydrogen (secondary N) is 1. The maximum atomic E-state index is 11.8. The predicted molar refractivity (Wildman–Crippen MR) is 71.7 cm³/mol. The third-order valence-corrected chi connectivity index (χ3v) is 3.22. The first-order chi connectivity index (χ1) is 8.58. The standard InChI is InChI=1S/C13H19ClN2O2/c1-3-9(4-2)11(17)8-15-13(18)10-6-5-7-12(14)16-10/h5-7,9,11,17H,3-4,8H2,1-2H3,(H,15,18). The van der Waals surface area contributed by atoms with Gasteiger partial charge < -0.3 is 10.4 Å². The van der Waals surface area contributed by atoms with Crippen LogP contribution in [-0.4, -0.2) is 28.6 Å². The number of nitrogens with zero attached hydrogens (tertiary/aromatic N) is 1. The number of aliphatic hydroxyl groups excluding tert-OH is 1. The highest BCUT2D eigenvalue weighted by Crippen LogP contribution is 2.12. The average Bonchev–Trinajstić information content (AvgIpc) is 2.37. The van der Waals surface area contributed by atoms with Crippen LogP contribution >= 0.6 is 11.6 Å². The molecule has 1 aromatic heterocycles. The van der Waals surface area contributed by atoms with Crippen LogP contribution in [0.15, 0.2) is 18.2 Å². The molecule has 1 aromatic rings. The summed E-state index contributed by atoms with van der Waals surface area (Å²) in [6.07, 6.45) is 1.26. The summed E-state index contributed by atoms with van der Waals surface area (Å²) >= 11 is 5.71. The minimum atomic E-state index is -0.525. The molecular formula is C13H19ClN2O2. The van der Waals surface area contributed by atoms with Crippen molar-refractivity contribution >= 4 is 17.5 Å². The fourth-order valence-corrected chi connectivity index (χ4v) is 1.99. The largest absolute Gasteiger partial charge is 0.391 e. The van der Waals surface area contributed by atoms with E-state index in [-0.39, 0.29) is 29.2 Å². The molecule has 5 heteroatoms. The van der Waals surface area contributed by atoms with Gasteiger partial charge in [-0.3, -0.25) is 4.79 Å². The van der Waals surface area contributed by atoms with Crippen molar-refractivity contribution in [2.75, 3.05) is 6.54 Å². The summed E-state index contributed by atoms with van der Waals surface area (Å²) in [5.41, 5.74) is 0.263. The fourth-order valence-electron chi connectivity index (χ4n) is 1.82. The molecule has 100 valence electrons. The van der Waals surface area contributed by atoms with Gasteiger partial charge in [-0.1, -0.05) is 44.4 Å². The van der Waals surface area contributed by atoms with E-state index in [1.165, 1.54) is 0 Å². The average molecular weight is 271 g/mol. The molecule has 0 radical (unpaired) electrons. The zero-order valence-electron chi connectivity index (χ0n) is 10.7. The molecule has 1 unspecified atom stereocenters. The van der Waals surface area contributed by atoms with E-state index in [1.54, 1.807) is 18.2 Å². The lowest BCUT2D eigenvalue weighted by Gasteiger charge is -2.20.